The number of fused-ring (bicyclic) bond motifs is 1. The third kappa shape index (κ3) is 4.23. The van der Waals surface area contributed by atoms with Gasteiger partial charge in [-0.05, 0) is 60.2 Å². The molecule has 2 aliphatic heterocycles. The molecule has 0 radical (unpaired) electrons. The Balaban J connectivity index is 1.38. The first-order valence-electron chi connectivity index (χ1n) is 10.1. The van der Waals surface area contributed by atoms with E-state index in [4.69, 9.17) is 9.47 Å². The van der Waals surface area contributed by atoms with E-state index in [1.807, 2.05) is 29.3 Å². The number of ether oxygens (including phenoxy) is 2. The van der Waals surface area contributed by atoms with Gasteiger partial charge >= 0.3 is 6.03 Å². The number of carbonyl (C=O) groups excluding carboxylic acids is 1. The maximum Gasteiger partial charge on any atom is 0.317 e. The van der Waals surface area contributed by atoms with Crippen molar-refractivity contribution < 1.29 is 14.3 Å². The Morgan fingerprint density at radius 1 is 1.07 bits per heavy atom. The molecule has 0 aliphatic carbocycles. The summed E-state index contributed by atoms with van der Waals surface area (Å²) in [4.78, 5) is 21.4. The Kier molecular flexibility index (Phi) is 5.74. The molecule has 1 aromatic carbocycles. The highest BCUT2D eigenvalue weighted by molar-refractivity contribution is 5.74. The van der Waals surface area contributed by atoms with E-state index >= 15 is 0 Å². The van der Waals surface area contributed by atoms with E-state index in [9.17, 15) is 4.79 Å². The maximum absolute atomic E-state index is 12.7. The summed E-state index contributed by atoms with van der Waals surface area (Å²) in [5, 5.41) is 3.05. The van der Waals surface area contributed by atoms with E-state index in [2.05, 4.69) is 21.3 Å². The minimum atomic E-state index is -0.0510. The van der Waals surface area contributed by atoms with Crippen LogP contribution in [0.5, 0.6) is 11.5 Å². The molecule has 2 amide bonds. The number of hydrogen-bond donors (Lipinski definition) is 1. The van der Waals surface area contributed by atoms with Crippen molar-refractivity contribution in [2.24, 2.45) is 0 Å². The lowest BCUT2D eigenvalue weighted by Crippen LogP contribution is -2.42. The molecule has 0 atom stereocenters. The van der Waals surface area contributed by atoms with Gasteiger partial charge in [0.25, 0.3) is 0 Å². The summed E-state index contributed by atoms with van der Waals surface area (Å²) in [6.45, 7) is 3.87. The summed E-state index contributed by atoms with van der Waals surface area (Å²) in [6, 6.07) is 7.97. The van der Waals surface area contributed by atoms with Gasteiger partial charge < -0.3 is 24.6 Å². The quantitative estimate of drug-likeness (QED) is 0.842. The molecule has 0 spiro atoms. The largest absolute Gasteiger partial charge is 0.493 e. The molecule has 7 heteroatoms. The Morgan fingerprint density at radius 2 is 1.79 bits per heavy atom. The van der Waals surface area contributed by atoms with E-state index in [0.29, 0.717) is 25.4 Å². The summed E-state index contributed by atoms with van der Waals surface area (Å²) < 4.78 is 10.8. The van der Waals surface area contributed by atoms with Crippen molar-refractivity contribution >= 4 is 11.8 Å². The lowest BCUT2D eigenvalue weighted by molar-refractivity contribution is 0.191. The normalized spacial score (nSPS) is 15.8. The molecule has 4 rings (SSSR count). The smallest absolute Gasteiger partial charge is 0.317 e. The molecule has 1 fully saturated rings. The van der Waals surface area contributed by atoms with Crippen molar-refractivity contribution in [3.8, 4) is 11.5 Å². The predicted octanol–water partition coefficient (Wildman–Crippen LogP) is 2.97. The van der Waals surface area contributed by atoms with Gasteiger partial charge in [0, 0.05) is 38.9 Å². The second-order valence-electron chi connectivity index (χ2n) is 7.52. The number of methoxy groups -OCH3 is 2. The van der Waals surface area contributed by atoms with Crippen molar-refractivity contribution in [2.75, 3.05) is 38.8 Å². The van der Waals surface area contributed by atoms with E-state index in [1.165, 1.54) is 18.4 Å². The fraction of sp³-hybridized carbons (Fsp3) is 0.455. The van der Waals surface area contributed by atoms with E-state index < -0.39 is 0 Å². The van der Waals surface area contributed by atoms with Crippen LogP contribution >= 0.6 is 0 Å². The van der Waals surface area contributed by atoms with Gasteiger partial charge in [0.1, 0.15) is 5.82 Å². The average molecular weight is 396 g/mol. The van der Waals surface area contributed by atoms with Gasteiger partial charge in [-0.3, -0.25) is 0 Å². The summed E-state index contributed by atoms with van der Waals surface area (Å²) in [6.07, 6.45) is 5.06. The Hall–Kier alpha value is -2.96. The third-order valence-electron chi connectivity index (χ3n) is 5.69. The molecule has 3 heterocycles. The summed E-state index contributed by atoms with van der Waals surface area (Å²) >= 11 is 0. The topological polar surface area (TPSA) is 66.9 Å². The summed E-state index contributed by atoms with van der Waals surface area (Å²) in [7, 11) is 3.27. The Bertz CT molecular complexity index is 880. The molecule has 1 aromatic heterocycles. The van der Waals surface area contributed by atoms with Crippen LogP contribution in [-0.4, -0.2) is 49.8 Å². The van der Waals surface area contributed by atoms with Crippen LogP contribution in [-0.2, 0) is 19.5 Å². The number of nitrogens with one attached hydrogen (secondary N) is 1. The molecule has 29 heavy (non-hydrogen) atoms. The highest BCUT2D eigenvalue weighted by atomic mass is 16.5. The molecule has 0 saturated carbocycles. The van der Waals surface area contributed by atoms with Crippen LogP contribution in [0.2, 0.25) is 0 Å². The van der Waals surface area contributed by atoms with Gasteiger partial charge in [-0.25, -0.2) is 9.78 Å². The first kappa shape index (κ1) is 19.4. The number of carbonyl (C=O) groups is 1. The van der Waals surface area contributed by atoms with Crippen LogP contribution < -0.4 is 19.7 Å². The Morgan fingerprint density at radius 3 is 2.52 bits per heavy atom. The van der Waals surface area contributed by atoms with Crippen LogP contribution in [0.25, 0.3) is 0 Å². The minimum absolute atomic E-state index is 0.0510. The van der Waals surface area contributed by atoms with Crippen molar-refractivity contribution in [2.45, 2.75) is 32.4 Å². The zero-order valence-corrected chi connectivity index (χ0v) is 17.1. The van der Waals surface area contributed by atoms with Crippen LogP contribution in [0, 0.1) is 0 Å². The highest BCUT2D eigenvalue weighted by Crippen LogP contribution is 2.33. The fourth-order valence-corrected chi connectivity index (χ4v) is 4.04. The van der Waals surface area contributed by atoms with Crippen molar-refractivity contribution in [1.29, 1.82) is 0 Å². The summed E-state index contributed by atoms with van der Waals surface area (Å²) in [5.41, 5.74) is 3.37. The molecule has 154 valence electrons. The van der Waals surface area contributed by atoms with Crippen LogP contribution in [0.4, 0.5) is 10.6 Å². The molecular weight excluding hydrogens is 368 g/mol. The van der Waals surface area contributed by atoms with Gasteiger partial charge in [-0.1, -0.05) is 0 Å². The zero-order valence-electron chi connectivity index (χ0n) is 17.1. The minimum Gasteiger partial charge on any atom is -0.493 e. The van der Waals surface area contributed by atoms with Crippen LogP contribution in [0.1, 0.15) is 29.5 Å². The molecule has 1 saturated heterocycles. The average Bonchev–Trinajstić information content (AvgIpc) is 3.31. The monoisotopic (exact) mass is 396 g/mol. The molecular formula is C22H28N4O3. The van der Waals surface area contributed by atoms with Crippen molar-refractivity contribution in [3.05, 3.63) is 47.2 Å². The molecule has 0 bridgehead atoms. The number of amides is 2. The predicted molar refractivity (Wildman–Crippen MR) is 112 cm³/mol. The summed E-state index contributed by atoms with van der Waals surface area (Å²) in [5.74, 6) is 2.43. The van der Waals surface area contributed by atoms with E-state index in [1.54, 1.807) is 14.2 Å². The third-order valence-corrected chi connectivity index (χ3v) is 5.69. The first-order valence-corrected chi connectivity index (χ1v) is 10.1. The Labute approximate surface area is 171 Å². The van der Waals surface area contributed by atoms with Crippen LogP contribution in [0.3, 0.4) is 0 Å². The second-order valence-corrected chi connectivity index (χ2v) is 7.52. The number of hydrogen-bond acceptors (Lipinski definition) is 5. The molecule has 1 N–H and O–H groups in total. The first-order chi connectivity index (χ1) is 14.2. The van der Waals surface area contributed by atoms with Gasteiger partial charge in [-0.2, -0.15) is 0 Å². The highest BCUT2D eigenvalue weighted by Gasteiger charge is 2.23. The molecule has 2 aliphatic rings. The SMILES string of the molecule is COc1cc2c(cc1OC)CN(C(=O)NCc1ccnc(N3CCCC3)c1)CC2. The molecule has 0 unspecified atom stereocenters. The zero-order chi connectivity index (χ0) is 20.2. The van der Waals surface area contributed by atoms with Gasteiger partial charge in [0.05, 0.1) is 14.2 Å². The number of urea groups is 1. The standard InChI is InChI=1S/C22H28N4O3/c1-28-19-12-17-6-10-26(15-18(17)13-20(19)29-2)22(27)24-14-16-5-7-23-21(11-16)25-8-3-4-9-25/h5,7,11-13H,3-4,6,8-10,14-15H2,1-2H3,(H,24,27). The van der Waals surface area contributed by atoms with Crippen molar-refractivity contribution in [3.63, 3.8) is 0 Å². The maximum atomic E-state index is 12.7. The number of nitrogens with zero attached hydrogens (tertiary/aromatic N) is 3. The van der Waals surface area contributed by atoms with Gasteiger partial charge in [-0.15, -0.1) is 0 Å². The molecule has 2 aromatic rings. The number of pyridine rings is 1. The second kappa shape index (κ2) is 8.59. The van der Waals surface area contributed by atoms with Crippen molar-refractivity contribution in [1.82, 2.24) is 15.2 Å². The number of benzene rings is 1. The number of rotatable bonds is 5. The lowest BCUT2D eigenvalue weighted by Gasteiger charge is -2.29. The number of aromatic nitrogens is 1. The lowest BCUT2D eigenvalue weighted by atomic mass is 9.99. The number of anilines is 1. The molecule has 7 nitrogen and oxygen atoms in total. The van der Waals surface area contributed by atoms with Crippen LogP contribution in [0.15, 0.2) is 30.5 Å². The van der Waals surface area contributed by atoms with Gasteiger partial charge in [0.2, 0.25) is 0 Å². The van der Waals surface area contributed by atoms with Gasteiger partial charge in [0.15, 0.2) is 11.5 Å². The fourth-order valence-electron chi connectivity index (χ4n) is 4.04. The van der Waals surface area contributed by atoms with E-state index in [0.717, 1.165) is 42.2 Å². The van der Waals surface area contributed by atoms with E-state index in [-0.39, 0.29) is 6.03 Å².